The first-order valence-electron chi connectivity index (χ1n) is 7.36. The monoisotopic (exact) mass is 291 g/mol. The van der Waals surface area contributed by atoms with E-state index in [2.05, 4.69) is 22.9 Å². The van der Waals surface area contributed by atoms with Crippen LogP contribution in [0.3, 0.4) is 0 Å². The number of nitrogens with one attached hydrogen (secondary N) is 3. The number of amides is 2. The van der Waals surface area contributed by atoms with Crippen LogP contribution in [-0.4, -0.2) is 30.9 Å². The van der Waals surface area contributed by atoms with Gasteiger partial charge in [-0.2, -0.15) is 0 Å². The lowest BCUT2D eigenvalue weighted by molar-refractivity contribution is -0.120. The predicted molar refractivity (Wildman–Crippen MR) is 85.6 cm³/mol. The van der Waals surface area contributed by atoms with Crippen LogP contribution in [0.1, 0.15) is 43.1 Å². The van der Waals surface area contributed by atoms with Crippen molar-refractivity contribution in [3.63, 3.8) is 0 Å². The maximum atomic E-state index is 12.2. The first kappa shape index (κ1) is 17.0. The summed E-state index contributed by atoms with van der Waals surface area (Å²) in [6, 6.07) is 5.75. The highest BCUT2D eigenvalue weighted by atomic mass is 16.2. The lowest BCUT2D eigenvalue weighted by atomic mass is 10.1. The van der Waals surface area contributed by atoms with E-state index in [0.29, 0.717) is 5.56 Å². The molecule has 21 heavy (non-hydrogen) atoms. The van der Waals surface area contributed by atoms with Crippen molar-refractivity contribution in [1.82, 2.24) is 10.6 Å². The predicted octanol–water partition coefficient (Wildman–Crippen LogP) is 2.07. The molecule has 0 aliphatic heterocycles. The summed E-state index contributed by atoms with van der Waals surface area (Å²) in [5.74, 6) is -0.426. The highest BCUT2D eigenvalue weighted by Crippen LogP contribution is 2.17. The number of hydrogen-bond acceptors (Lipinski definition) is 3. The molecule has 0 bridgehead atoms. The van der Waals surface area contributed by atoms with Gasteiger partial charge < -0.3 is 16.0 Å². The SMILES string of the molecule is CCCNc1ccc(C)cc1C(=O)NCC(=O)NC(C)C. The van der Waals surface area contributed by atoms with E-state index in [4.69, 9.17) is 0 Å². The second kappa shape index (κ2) is 8.29. The van der Waals surface area contributed by atoms with Gasteiger partial charge in [0.15, 0.2) is 0 Å². The molecule has 0 saturated heterocycles. The third kappa shape index (κ3) is 5.85. The maximum Gasteiger partial charge on any atom is 0.253 e. The summed E-state index contributed by atoms with van der Waals surface area (Å²) < 4.78 is 0. The van der Waals surface area contributed by atoms with Gasteiger partial charge >= 0.3 is 0 Å². The second-order valence-electron chi connectivity index (χ2n) is 5.38. The molecule has 0 atom stereocenters. The second-order valence-corrected chi connectivity index (χ2v) is 5.38. The van der Waals surface area contributed by atoms with Crippen molar-refractivity contribution < 1.29 is 9.59 Å². The van der Waals surface area contributed by atoms with E-state index in [1.807, 2.05) is 39.0 Å². The summed E-state index contributed by atoms with van der Waals surface area (Å²) in [6.45, 7) is 8.55. The van der Waals surface area contributed by atoms with Crippen LogP contribution in [-0.2, 0) is 4.79 Å². The summed E-state index contributed by atoms with van der Waals surface area (Å²) >= 11 is 0. The van der Waals surface area contributed by atoms with Gasteiger partial charge in [-0.25, -0.2) is 0 Å². The number of anilines is 1. The van der Waals surface area contributed by atoms with E-state index in [1.165, 1.54) is 0 Å². The Morgan fingerprint density at radius 1 is 1.24 bits per heavy atom. The molecule has 1 aromatic carbocycles. The lowest BCUT2D eigenvalue weighted by Crippen LogP contribution is -2.40. The number of carbonyl (C=O) groups is 2. The van der Waals surface area contributed by atoms with Crippen LogP contribution in [0.5, 0.6) is 0 Å². The fourth-order valence-electron chi connectivity index (χ4n) is 1.89. The highest BCUT2D eigenvalue weighted by molar-refractivity contribution is 6.01. The van der Waals surface area contributed by atoms with Gasteiger partial charge in [0.05, 0.1) is 12.1 Å². The molecule has 0 spiro atoms. The highest BCUT2D eigenvalue weighted by Gasteiger charge is 2.13. The molecule has 5 heteroatoms. The molecule has 0 aliphatic rings. The first-order valence-corrected chi connectivity index (χ1v) is 7.36. The smallest absolute Gasteiger partial charge is 0.253 e. The molecule has 1 aromatic rings. The minimum absolute atomic E-state index is 0.0157. The first-order chi connectivity index (χ1) is 9.93. The van der Waals surface area contributed by atoms with Crippen LogP contribution in [0.4, 0.5) is 5.69 Å². The Morgan fingerprint density at radius 3 is 2.57 bits per heavy atom. The number of hydrogen-bond donors (Lipinski definition) is 3. The van der Waals surface area contributed by atoms with Gasteiger partial charge in [0.1, 0.15) is 0 Å². The molecular weight excluding hydrogens is 266 g/mol. The van der Waals surface area contributed by atoms with Crippen LogP contribution in [0.25, 0.3) is 0 Å². The average Bonchev–Trinajstić information content (AvgIpc) is 2.42. The molecule has 0 radical (unpaired) electrons. The van der Waals surface area contributed by atoms with Crippen molar-refractivity contribution >= 4 is 17.5 Å². The zero-order valence-electron chi connectivity index (χ0n) is 13.2. The summed E-state index contributed by atoms with van der Waals surface area (Å²) in [4.78, 5) is 23.8. The minimum Gasteiger partial charge on any atom is -0.384 e. The molecular formula is C16H25N3O2. The van der Waals surface area contributed by atoms with Gasteiger partial charge in [-0.05, 0) is 39.3 Å². The van der Waals surface area contributed by atoms with Crippen LogP contribution in [0.2, 0.25) is 0 Å². The van der Waals surface area contributed by atoms with E-state index in [-0.39, 0.29) is 24.4 Å². The largest absolute Gasteiger partial charge is 0.384 e. The van der Waals surface area contributed by atoms with Crippen molar-refractivity contribution in [2.75, 3.05) is 18.4 Å². The Kier molecular flexibility index (Phi) is 6.72. The summed E-state index contributed by atoms with van der Waals surface area (Å²) in [6.07, 6.45) is 0.978. The quantitative estimate of drug-likeness (QED) is 0.720. The number of benzene rings is 1. The number of carbonyl (C=O) groups excluding carboxylic acids is 2. The molecule has 0 fully saturated rings. The normalized spacial score (nSPS) is 10.3. The number of rotatable bonds is 7. The molecule has 2 amide bonds. The Bertz CT molecular complexity index is 498. The van der Waals surface area contributed by atoms with E-state index in [0.717, 1.165) is 24.2 Å². The van der Waals surface area contributed by atoms with E-state index in [9.17, 15) is 9.59 Å². The van der Waals surface area contributed by atoms with Crippen molar-refractivity contribution in [3.8, 4) is 0 Å². The van der Waals surface area contributed by atoms with Crippen molar-refractivity contribution in [2.24, 2.45) is 0 Å². The zero-order chi connectivity index (χ0) is 15.8. The summed E-state index contributed by atoms with van der Waals surface area (Å²) in [5.41, 5.74) is 2.37. The summed E-state index contributed by atoms with van der Waals surface area (Å²) in [7, 11) is 0. The molecule has 0 saturated carbocycles. The van der Waals surface area contributed by atoms with E-state index < -0.39 is 0 Å². The van der Waals surface area contributed by atoms with Crippen LogP contribution in [0, 0.1) is 6.92 Å². The van der Waals surface area contributed by atoms with Gasteiger partial charge in [0.25, 0.3) is 5.91 Å². The van der Waals surface area contributed by atoms with E-state index >= 15 is 0 Å². The fourth-order valence-corrected chi connectivity index (χ4v) is 1.89. The lowest BCUT2D eigenvalue weighted by Gasteiger charge is -2.13. The molecule has 0 aliphatic carbocycles. The third-order valence-electron chi connectivity index (χ3n) is 2.84. The summed E-state index contributed by atoms with van der Waals surface area (Å²) in [5, 5.41) is 8.63. The van der Waals surface area contributed by atoms with Gasteiger partial charge in [0.2, 0.25) is 5.91 Å². The zero-order valence-corrected chi connectivity index (χ0v) is 13.2. The maximum absolute atomic E-state index is 12.2. The fraction of sp³-hybridized carbons (Fsp3) is 0.500. The molecule has 116 valence electrons. The van der Waals surface area contributed by atoms with Crippen LogP contribution >= 0.6 is 0 Å². The average molecular weight is 291 g/mol. The number of aryl methyl sites for hydroxylation is 1. The van der Waals surface area contributed by atoms with Gasteiger partial charge in [-0.3, -0.25) is 9.59 Å². The van der Waals surface area contributed by atoms with Gasteiger partial charge in [0, 0.05) is 18.3 Å². The molecule has 0 heterocycles. The Labute approximate surface area is 126 Å². The van der Waals surface area contributed by atoms with E-state index in [1.54, 1.807) is 0 Å². The topological polar surface area (TPSA) is 70.2 Å². The van der Waals surface area contributed by atoms with Crippen molar-refractivity contribution in [1.29, 1.82) is 0 Å². The molecule has 1 rings (SSSR count). The Morgan fingerprint density at radius 2 is 1.95 bits per heavy atom. The third-order valence-corrected chi connectivity index (χ3v) is 2.84. The molecule has 0 aromatic heterocycles. The molecule has 5 nitrogen and oxygen atoms in total. The Balaban J connectivity index is 2.72. The van der Waals surface area contributed by atoms with Crippen LogP contribution < -0.4 is 16.0 Å². The Hall–Kier alpha value is -2.04. The standard InChI is InChI=1S/C16H25N3O2/c1-5-8-17-14-7-6-12(4)9-13(14)16(21)18-10-15(20)19-11(2)3/h6-7,9,11,17H,5,8,10H2,1-4H3,(H,18,21)(H,19,20). The van der Waals surface area contributed by atoms with Gasteiger partial charge in [-0.1, -0.05) is 18.6 Å². The van der Waals surface area contributed by atoms with Crippen LogP contribution in [0.15, 0.2) is 18.2 Å². The van der Waals surface area contributed by atoms with Gasteiger partial charge in [-0.15, -0.1) is 0 Å². The molecule has 3 N–H and O–H groups in total. The van der Waals surface area contributed by atoms with Crippen molar-refractivity contribution in [2.45, 2.75) is 40.2 Å². The van der Waals surface area contributed by atoms with Crippen molar-refractivity contribution in [3.05, 3.63) is 29.3 Å². The molecule has 0 unspecified atom stereocenters. The minimum atomic E-state index is -0.240.